The van der Waals surface area contributed by atoms with Crippen molar-refractivity contribution in [1.29, 1.82) is 0 Å². The lowest BCUT2D eigenvalue weighted by Gasteiger charge is -2.35. The number of amides is 2. The van der Waals surface area contributed by atoms with Gasteiger partial charge in [0.25, 0.3) is 0 Å². The van der Waals surface area contributed by atoms with Crippen LogP contribution in [0.15, 0.2) is 36.9 Å². The lowest BCUT2D eigenvalue weighted by Crippen LogP contribution is -2.47. The maximum Gasteiger partial charge on any atom is 0.318 e. The largest absolute Gasteiger partial charge is 0.497 e. The van der Waals surface area contributed by atoms with Crippen LogP contribution in [0.25, 0.3) is 0 Å². The van der Waals surface area contributed by atoms with Gasteiger partial charge in [-0.1, -0.05) is 18.2 Å². The summed E-state index contributed by atoms with van der Waals surface area (Å²) in [5.41, 5.74) is 1.03. The molecule has 1 aromatic carbocycles. The molecule has 0 heterocycles. The van der Waals surface area contributed by atoms with Gasteiger partial charge in [-0.3, -0.25) is 0 Å². The maximum atomic E-state index is 12.5. The third-order valence-corrected chi connectivity index (χ3v) is 4.25. The molecule has 1 aliphatic carbocycles. The lowest BCUT2D eigenvalue weighted by atomic mass is 9.92. The van der Waals surface area contributed by atoms with E-state index in [-0.39, 0.29) is 18.2 Å². The number of rotatable bonds is 6. The predicted molar refractivity (Wildman–Crippen MR) is 90.4 cm³/mol. The highest BCUT2D eigenvalue weighted by Gasteiger charge is 2.28. The zero-order valence-corrected chi connectivity index (χ0v) is 13.7. The molecule has 0 spiro atoms. The summed E-state index contributed by atoms with van der Waals surface area (Å²) in [5.74, 6) is 0.785. The molecule has 0 aromatic heterocycles. The molecule has 5 heteroatoms. The zero-order valence-electron chi connectivity index (χ0n) is 13.7. The first-order valence-electron chi connectivity index (χ1n) is 8.10. The van der Waals surface area contributed by atoms with Gasteiger partial charge in [-0.05, 0) is 43.4 Å². The van der Waals surface area contributed by atoms with Crippen LogP contribution >= 0.6 is 0 Å². The second-order valence-corrected chi connectivity index (χ2v) is 5.92. The molecule has 1 fully saturated rings. The number of hydrogen-bond acceptors (Lipinski definition) is 3. The van der Waals surface area contributed by atoms with Gasteiger partial charge < -0.3 is 20.1 Å². The fraction of sp³-hybridized carbons (Fsp3) is 0.500. The van der Waals surface area contributed by atoms with Crippen molar-refractivity contribution in [2.75, 3.05) is 13.7 Å². The zero-order chi connectivity index (χ0) is 16.7. The van der Waals surface area contributed by atoms with E-state index in [1.165, 1.54) is 0 Å². The second-order valence-electron chi connectivity index (χ2n) is 5.92. The Labute approximate surface area is 137 Å². The van der Waals surface area contributed by atoms with Crippen LogP contribution in [0, 0.1) is 0 Å². The van der Waals surface area contributed by atoms with Gasteiger partial charge in [-0.25, -0.2) is 4.79 Å². The molecule has 1 aliphatic rings. The topological polar surface area (TPSA) is 61.8 Å². The van der Waals surface area contributed by atoms with Gasteiger partial charge in [0, 0.05) is 19.1 Å². The molecule has 0 radical (unpaired) electrons. The smallest absolute Gasteiger partial charge is 0.318 e. The van der Waals surface area contributed by atoms with Crippen molar-refractivity contribution in [2.24, 2.45) is 0 Å². The molecule has 2 rings (SSSR count). The minimum atomic E-state index is -0.235. The van der Waals surface area contributed by atoms with Gasteiger partial charge in [0.2, 0.25) is 0 Å². The van der Waals surface area contributed by atoms with Crippen molar-refractivity contribution in [1.82, 2.24) is 10.2 Å². The van der Waals surface area contributed by atoms with E-state index in [1.807, 2.05) is 29.2 Å². The maximum absolute atomic E-state index is 12.5. The second kappa shape index (κ2) is 8.58. The SMILES string of the molecule is C=CCNC(=O)N(Cc1cccc(OC)c1)C1CCC(O)CC1. The van der Waals surface area contributed by atoms with E-state index in [0.717, 1.165) is 37.0 Å². The fourth-order valence-corrected chi connectivity index (χ4v) is 2.97. The van der Waals surface area contributed by atoms with Crippen LogP contribution < -0.4 is 10.1 Å². The highest BCUT2D eigenvalue weighted by molar-refractivity contribution is 5.74. The molecule has 1 aromatic rings. The number of ether oxygens (including phenoxy) is 1. The molecule has 126 valence electrons. The number of aliphatic hydroxyl groups excluding tert-OH is 1. The summed E-state index contributed by atoms with van der Waals surface area (Å²) in [6.07, 6.45) is 4.58. The summed E-state index contributed by atoms with van der Waals surface area (Å²) in [6, 6.07) is 7.82. The molecule has 5 nitrogen and oxygen atoms in total. The molecule has 2 N–H and O–H groups in total. The van der Waals surface area contributed by atoms with Crippen LogP contribution in [0.4, 0.5) is 4.79 Å². The van der Waals surface area contributed by atoms with Crippen molar-refractivity contribution >= 4 is 6.03 Å². The summed E-state index contributed by atoms with van der Waals surface area (Å²) in [7, 11) is 1.64. The summed E-state index contributed by atoms with van der Waals surface area (Å²) in [4.78, 5) is 14.4. The lowest BCUT2D eigenvalue weighted by molar-refractivity contribution is 0.0820. The van der Waals surface area contributed by atoms with Gasteiger partial charge in [-0.15, -0.1) is 6.58 Å². The van der Waals surface area contributed by atoms with Gasteiger partial charge in [-0.2, -0.15) is 0 Å². The standard InChI is InChI=1S/C18H26N2O3/c1-3-11-19-18(22)20(15-7-9-16(21)10-8-15)13-14-5-4-6-17(12-14)23-2/h3-6,12,15-16,21H,1,7-11,13H2,2H3,(H,19,22). The van der Waals surface area contributed by atoms with E-state index in [0.29, 0.717) is 13.1 Å². The van der Waals surface area contributed by atoms with Gasteiger partial charge in [0.1, 0.15) is 5.75 Å². The average Bonchev–Trinajstić information content (AvgIpc) is 2.58. The normalized spacial score (nSPS) is 20.6. The summed E-state index contributed by atoms with van der Waals surface area (Å²) in [5, 5.41) is 12.6. The highest BCUT2D eigenvalue weighted by Crippen LogP contribution is 2.25. The van der Waals surface area contributed by atoms with Crippen molar-refractivity contribution < 1.29 is 14.6 Å². The Balaban J connectivity index is 2.11. The van der Waals surface area contributed by atoms with Crippen LogP contribution in [0.1, 0.15) is 31.2 Å². The van der Waals surface area contributed by atoms with E-state index in [4.69, 9.17) is 4.74 Å². The van der Waals surface area contributed by atoms with Crippen molar-refractivity contribution in [3.8, 4) is 5.75 Å². The highest BCUT2D eigenvalue weighted by atomic mass is 16.5. The molecule has 0 aliphatic heterocycles. The van der Waals surface area contributed by atoms with Gasteiger partial charge in [0.05, 0.1) is 13.2 Å². The molecule has 2 amide bonds. The number of carbonyl (C=O) groups excluding carboxylic acids is 1. The van der Waals surface area contributed by atoms with Crippen molar-refractivity contribution in [3.63, 3.8) is 0 Å². The van der Waals surface area contributed by atoms with E-state index >= 15 is 0 Å². The Morgan fingerprint density at radius 2 is 2.17 bits per heavy atom. The minimum absolute atomic E-state index is 0.0888. The minimum Gasteiger partial charge on any atom is -0.497 e. The number of carbonyl (C=O) groups is 1. The Morgan fingerprint density at radius 3 is 2.83 bits per heavy atom. The number of hydrogen-bond donors (Lipinski definition) is 2. The Morgan fingerprint density at radius 1 is 1.43 bits per heavy atom. The first-order valence-corrected chi connectivity index (χ1v) is 8.10. The summed E-state index contributed by atoms with van der Waals surface area (Å²) < 4.78 is 5.26. The molecular weight excluding hydrogens is 292 g/mol. The van der Waals surface area contributed by atoms with E-state index in [9.17, 15) is 9.90 Å². The number of nitrogens with one attached hydrogen (secondary N) is 1. The number of aliphatic hydroxyl groups is 1. The number of urea groups is 1. The molecule has 0 atom stereocenters. The monoisotopic (exact) mass is 318 g/mol. The Bertz CT molecular complexity index is 525. The molecule has 0 bridgehead atoms. The Kier molecular flexibility index (Phi) is 6.47. The van der Waals surface area contributed by atoms with Crippen LogP contribution in [0.5, 0.6) is 5.75 Å². The van der Waals surface area contributed by atoms with Gasteiger partial charge in [0.15, 0.2) is 0 Å². The average molecular weight is 318 g/mol. The van der Waals surface area contributed by atoms with Crippen LogP contribution in [0.3, 0.4) is 0 Å². The summed E-state index contributed by atoms with van der Waals surface area (Å²) in [6.45, 7) is 4.61. The molecular formula is C18H26N2O3. The van der Waals surface area contributed by atoms with E-state index < -0.39 is 0 Å². The summed E-state index contributed by atoms with van der Waals surface area (Å²) >= 11 is 0. The number of methoxy groups -OCH3 is 1. The van der Waals surface area contributed by atoms with E-state index in [1.54, 1.807) is 13.2 Å². The molecule has 1 saturated carbocycles. The molecule has 23 heavy (non-hydrogen) atoms. The van der Waals surface area contributed by atoms with Crippen molar-refractivity contribution in [3.05, 3.63) is 42.5 Å². The first kappa shape index (κ1) is 17.3. The van der Waals surface area contributed by atoms with Crippen molar-refractivity contribution in [2.45, 2.75) is 44.4 Å². The third-order valence-electron chi connectivity index (χ3n) is 4.25. The van der Waals surface area contributed by atoms with Crippen LogP contribution in [-0.4, -0.2) is 41.8 Å². The predicted octanol–water partition coefficient (Wildman–Crippen LogP) is 2.70. The third kappa shape index (κ3) is 4.99. The van der Waals surface area contributed by atoms with E-state index in [2.05, 4.69) is 11.9 Å². The van der Waals surface area contributed by atoms with Gasteiger partial charge >= 0.3 is 6.03 Å². The number of nitrogens with zero attached hydrogens (tertiary/aromatic N) is 1. The molecule has 0 saturated heterocycles. The molecule has 0 unspecified atom stereocenters. The first-order chi connectivity index (χ1) is 11.1. The van der Waals surface area contributed by atoms with Crippen LogP contribution in [-0.2, 0) is 6.54 Å². The Hall–Kier alpha value is -2.01. The fourth-order valence-electron chi connectivity index (χ4n) is 2.97. The quantitative estimate of drug-likeness (QED) is 0.793. The van der Waals surface area contributed by atoms with Crippen LogP contribution in [0.2, 0.25) is 0 Å². The number of benzene rings is 1.